The number of hydrogen-bond acceptors (Lipinski definition) is 8. The van der Waals surface area contributed by atoms with Gasteiger partial charge < -0.3 is 24.5 Å². The molecule has 4 aromatic rings. The third kappa shape index (κ3) is 5.49. The summed E-state index contributed by atoms with van der Waals surface area (Å²) in [5.41, 5.74) is 1.31. The van der Waals surface area contributed by atoms with Gasteiger partial charge in [-0.05, 0) is 36.8 Å². The highest BCUT2D eigenvalue weighted by atomic mass is 32.1. The van der Waals surface area contributed by atoms with Crippen molar-refractivity contribution >= 4 is 46.6 Å². The number of phenols is 1. The fraction of sp³-hybridized carbons (Fsp3) is 0.192. The molecule has 4 rings (SSSR count). The first kappa shape index (κ1) is 26.4. The predicted molar refractivity (Wildman–Crippen MR) is 142 cm³/mol. The lowest BCUT2D eigenvalue weighted by atomic mass is 10.0. The quantitative estimate of drug-likeness (QED) is 0.269. The molecule has 1 heterocycles. The Morgan fingerprint density at radius 3 is 2.45 bits per heavy atom. The Bertz CT molecular complexity index is 1590. The van der Waals surface area contributed by atoms with E-state index in [2.05, 4.69) is 10.4 Å². The zero-order valence-electron chi connectivity index (χ0n) is 20.9. The van der Waals surface area contributed by atoms with Gasteiger partial charge in [0.2, 0.25) is 0 Å². The van der Waals surface area contributed by atoms with Crippen LogP contribution in [0.15, 0.2) is 60.9 Å². The number of hydrogen-bond donors (Lipinski definition) is 2. The number of aromatic nitrogens is 3. The monoisotopic (exact) mass is 535 g/mol. The van der Waals surface area contributed by atoms with E-state index in [4.69, 9.17) is 21.7 Å². The molecule has 0 aliphatic heterocycles. The number of nitrogens with one attached hydrogen (secondary N) is 1. The van der Waals surface area contributed by atoms with Crippen LogP contribution >= 0.6 is 12.2 Å². The molecule has 3 aromatic carbocycles. The summed E-state index contributed by atoms with van der Waals surface area (Å²) in [5.74, 6) is -1.53. The minimum absolute atomic E-state index is 0.0119. The number of phenolic OH excluding ortho intramolecular Hbond substituents is 1. The Morgan fingerprint density at radius 2 is 1.79 bits per heavy atom. The predicted octanol–water partition coefficient (Wildman–Crippen LogP) is 4.00. The van der Waals surface area contributed by atoms with Crippen LogP contribution in [0, 0.1) is 11.7 Å². The van der Waals surface area contributed by atoms with Gasteiger partial charge in [-0.2, -0.15) is 5.10 Å². The third-order valence-corrected chi connectivity index (χ3v) is 6.31. The van der Waals surface area contributed by atoms with Crippen LogP contribution < -0.4 is 10.1 Å². The first-order valence-corrected chi connectivity index (χ1v) is 11.8. The fourth-order valence-corrected chi connectivity index (χ4v) is 3.87. The number of fused-ring (bicyclic) bond motifs is 1. The van der Waals surface area contributed by atoms with Crippen molar-refractivity contribution in [3.8, 4) is 11.5 Å². The zero-order chi connectivity index (χ0) is 27.4. The van der Waals surface area contributed by atoms with Crippen LogP contribution in [0.2, 0.25) is 0 Å². The summed E-state index contributed by atoms with van der Waals surface area (Å²) in [7, 11) is 2.89. The number of esters is 1. The van der Waals surface area contributed by atoms with E-state index in [1.54, 1.807) is 48.0 Å². The Balaban J connectivity index is 1.70. The second-order valence-corrected chi connectivity index (χ2v) is 8.76. The van der Waals surface area contributed by atoms with E-state index in [0.717, 1.165) is 10.5 Å². The van der Waals surface area contributed by atoms with Gasteiger partial charge in [0, 0.05) is 23.5 Å². The second kappa shape index (κ2) is 11.1. The lowest BCUT2D eigenvalue weighted by molar-refractivity contribution is -0.141. The van der Waals surface area contributed by atoms with Gasteiger partial charge in [-0.15, -0.1) is 0 Å². The van der Waals surface area contributed by atoms with Gasteiger partial charge in [-0.3, -0.25) is 14.5 Å². The maximum atomic E-state index is 13.3. The van der Waals surface area contributed by atoms with Crippen LogP contribution in [0.1, 0.15) is 15.9 Å². The number of nitrogens with zero attached hydrogens (tertiary/aromatic N) is 4. The van der Waals surface area contributed by atoms with Crippen molar-refractivity contribution in [2.24, 2.45) is 7.05 Å². The van der Waals surface area contributed by atoms with E-state index in [0.29, 0.717) is 21.2 Å². The molecule has 0 saturated carbocycles. The van der Waals surface area contributed by atoms with Crippen molar-refractivity contribution in [1.29, 1.82) is 0 Å². The van der Waals surface area contributed by atoms with Gasteiger partial charge in [-0.25, -0.2) is 9.48 Å². The average molecular weight is 536 g/mol. The molecule has 2 N–H and O–H groups in total. The molecule has 0 aliphatic rings. The Morgan fingerprint density at radius 1 is 1.11 bits per heavy atom. The number of carbonyl (C=O) groups is 3. The number of para-hydroxylation sites is 1. The molecule has 2 amide bonds. The molecule has 0 radical (unpaired) electrons. The van der Waals surface area contributed by atoms with E-state index in [-0.39, 0.29) is 23.7 Å². The fourth-order valence-electron chi connectivity index (χ4n) is 3.72. The van der Waals surface area contributed by atoms with Crippen LogP contribution in [-0.2, 0) is 23.2 Å². The number of amides is 2. The van der Waals surface area contributed by atoms with Gasteiger partial charge in [0.25, 0.3) is 5.91 Å². The van der Waals surface area contributed by atoms with E-state index in [1.165, 1.54) is 24.2 Å². The zero-order valence-corrected chi connectivity index (χ0v) is 21.7. The van der Waals surface area contributed by atoms with Crippen molar-refractivity contribution in [2.75, 3.05) is 19.0 Å². The van der Waals surface area contributed by atoms with E-state index < -0.39 is 24.5 Å². The second-order valence-electron chi connectivity index (χ2n) is 8.39. The Kier molecular flexibility index (Phi) is 7.72. The molecule has 0 saturated heterocycles. The molecule has 38 heavy (non-hydrogen) atoms. The standard InChI is InChI=1S/C26H25N5O6S/c1-16-8-4-7-11-20(16)28-24(34)19-12-21(17-9-5-6-10-18(17)23(19)33)37-26(35)30(13-22(32)36-3)15-31-25(38)29(2)14-27-31/h4-12,14,33H,13,15H2,1-3H3,(H,28,34). The summed E-state index contributed by atoms with van der Waals surface area (Å²) in [6.07, 6.45) is 0.556. The molecule has 0 spiro atoms. The van der Waals surface area contributed by atoms with E-state index in [1.807, 2.05) is 19.1 Å². The minimum atomic E-state index is -0.913. The van der Waals surface area contributed by atoms with Crippen molar-refractivity contribution < 1.29 is 29.0 Å². The summed E-state index contributed by atoms with van der Waals surface area (Å²) < 4.78 is 13.6. The highest BCUT2D eigenvalue weighted by molar-refractivity contribution is 7.71. The van der Waals surface area contributed by atoms with Crippen molar-refractivity contribution in [1.82, 2.24) is 19.2 Å². The summed E-state index contributed by atoms with van der Waals surface area (Å²) in [6.45, 7) is 1.21. The third-order valence-electron chi connectivity index (χ3n) is 5.81. The van der Waals surface area contributed by atoms with Crippen LogP contribution in [0.25, 0.3) is 10.8 Å². The highest BCUT2D eigenvalue weighted by Crippen LogP contribution is 2.37. The average Bonchev–Trinajstić information content (AvgIpc) is 3.23. The number of aryl methyl sites for hydroxylation is 2. The topological polar surface area (TPSA) is 128 Å². The Hall–Kier alpha value is -4.71. The molecule has 1 aromatic heterocycles. The van der Waals surface area contributed by atoms with E-state index in [9.17, 15) is 19.5 Å². The SMILES string of the molecule is COC(=O)CN(Cn1ncn(C)c1=S)C(=O)Oc1cc(C(=O)Nc2ccccc2C)c(O)c2ccccc12. The van der Waals surface area contributed by atoms with Crippen molar-refractivity contribution in [3.63, 3.8) is 0 Å². The molecule has 0 fully saturated rings. The van der Waals surface area contributed by atoms with Gasteiger partial charge in [-0.1, -0.05) is 42.5 Å². The largest absolute Gasteiger partial charge is 0.506 e. The maximum Gasteiger partial charge on any atom is 0.417 e. The van der Waals surface area contributed by atoms with Crippen molar-refractivity contribution in [3.05, 3.63) is 76.8 Å². The first-order chi connectivity index (χ1) is 18.2. The summed E-state index contributed by atoms with van der Waals surface area (Å²) in [4.78, 5) is 39.5. The van der Waals surface area contributed by atoms with Gasteiger partial charge >= 0.3 is 12.1 Å². The number of aromatic hydroxyl groups is 1. The molecule has 0 bridgehead atoms. The molecule has 0 aliphatic carbocycles. The summed E-state index contributed by atoms with van der Waals surface area (Å²) in [6, 6.07) is 15.1. The lowest BCUT2D eigenvalue weighted by Gasteiger charge is -2.21. The van der Waals surface area contributed by atoms with Crippen molar-refractivity contribution in [2.45, 2.75) is 13.6 Å². The van der Waals surface area contributed by atoms with Crippen LogP contribution in [-0.4, -0.2) is 56.0 Å². The first-order valence-electron chi connectivity index (χ1n) is 11.4. The molecule has 0 atom stereocenters. The highest BCUT2D eigenvalue weighted by Gasteiger charge is 2.24. The molecular formula is C26H25N5O6S. The number of rotatable bonds is 7. The van der Waals surface area contributed by atoms with Gasteiger partial charge in [0.15, 0.2) is 4.77 Å². The molecule has 196 valence electrons. The van der Waals surface area contributed by atoms with Gasteiger partial charge in [0.1, 0.15) is 31.0 Å². The number of benzene rings is 3. The van der Waals surface area contributed by atoms with Crippen LogP contribution in [0.3, 0.4) is 0 Å². The van der Waals surface area contributed by atoms with Crippen LogP contribution in [0.5, 0.6) is 11.5 Å². The number of methoxy groups -OCH3 is 1. The molecule has 12 heteroatoms. The number of anilines is 1. The van der Waals surface area contributed by atoms with E-state index >= 15 is 0 Å². The molecule has 11 nitrogen and oxygen atoms in total. The smallest absolute Gasteiger partial charge is 0.417 e. The minimum Gasteiger partial charge on any atom is -0.506 e. The Labute approximate surface area is 222 Å². The molecular weight excluding hydrogens is 510 g/mol. The number of carbonyl (C=O) groups excluding carboxylic acids is 3. The normalized spacial score (nSPS) is 10.7. The summed E-state index contributed by atoms with van der Waals surface area (Å²) >= 11 is 5.29. The summed E-state index contributed by atoms with van der Waals surface area (Å²) in [5, 5.41) is 18.5. The lowest BCUT2D eigenvalue weighted by Crippen LogP contribution is -2.39. The molecule has 0 unspecified atom stereocenters. The number of ether oxygens (including phenoxy) is 2. The van der Waals surface area contributed by atoms with Gasteiger partial charge in [0.05, 0.1) is 12.7 Å². The van der Waals surface area contributed by atoms with Crippen LogP contribution in [0.4, 0.5) is 10.5 Å². The maximum absolute atomic E-state index is 13.3.